The number of carbonyl (C=O) groups is 1. The third-order valence-corrected chi connectivity index (χ3v) is 5.47. The molecule has 0 radical (unpaired) electrons. The van der Waals surface area contributed by atoms with Gasteiger partial charge >= 0.3 is 6.03 Å². The van der Waals surface area contributed by atoms with Crippen molar-refractivity contribution in [1.29, 1.82) is 0 Å². The lowest BCUT2D eigenvalue weighted by Gasteiger charge is -2.32. The van der Waals surface area contributed by atoms with E-state index in [1.54, 1.807) is 29.2 Å². The molecule has 6 nitrogen and oxygen atoms in total. The second-order valence-corrected chi connectivity index (χ2v) is 7.72. The van der Waals surface area contributed by atoms with E-state index in [9.17, 15) is 13.2 Å². The standard InChI is InChI=1S/C16H25N3O3S/c1-3-17-16(20)19-10-4-5-14(12-19)11-18-23(21,22)15-8-6-13(2)7-9-15/h6-9,14,18H,3-5,10-12H2,1-2H3,(H,17,20)/t14-/m0/s1. The summed E-state index contributed by atoms with van der Waals surface area (Å²) in [6.45, 7) is 6.07. The smallest absolute Gasteiger partial charge is 0.317 e. The Balaban J connectivity index is 1.92. The van der Waals surface area contributed by atoms with Crippen LogP contribution in [0.4, 0.5) is 4.79 Å². The van der Waals surface area contributed by atoms with E-state index in [1.165, 1.54) is 0 Å². The highest BCUT2D eigenvalue weighted by Crippen LogP contribution is 2.17. The first-order chi connectivity index (χ1) is 10.9. The van der Waals surface area contributed by atoms with E-state index in [2.05, 4.69) is 10.0 Å². The normalized spacial score (nSPS) is 18.7. The van der Waals surface area contributed by atoms with Gasteiger partial charge in [0.15, 0.2) is 0 Å². The fourth-order valence-electron chi connectivity index (χ4n) is 2.71. The fourth-order valence-corrected chi connectivity index (χ4v) is 3.82. The van der Waals surface area contributed by atoms with Crippen molar-refractivity contribution >= 4 is 16.1 Å². The maximum Gasteiger partial charge on any atom is 0.317 e. The summed E-state index contributed by atoms with van der Waals surface area (Å²) in [5.74, 6) is 0.145. The molecule has 1 aliphatic rings. The van der Waals surface area contributed by atoms with Gasteiger partial charge in [-0.2, -0.15) is 0 Å². The Bertz CT molecular complexity index is 628. The van der Waals surface area contributed by atoms with Gasteiger partial charge < -0.3 is 10.2 Å². The number of hydrogen-bond donors (Lipinski definition) is 2. The highest BCUT2D eigenvalue weighted by atomic mass is 32.2. The second-order valence-electron chi connectivity index (χ2n) is 5.95. The van der Waals surface area contributed by atoms with E-state index < -0.39 is 10.0 Å². The van der Waals surface area contributed by atoms with Crippen molar-refractivity contribution in [1.82, 2.24) is 14.9 Å². The lowest BCUT2D eigenvalue weighted by atomic mass is 9.99. The molecule has 1 aromatic carbocycles. The largest absolute Gasteiger partial charge is 0.338 e. The maximum absolute atomic E-state index is 12.3. The summed E-state index contributed by atoms with van der Waals surface area (Å²) < 4.78 is 27.3. The van der Waals surface area contributed by atoms with Gasteiger partial charge in [0.2, 0.25) is 10.0 Å². The van der Waals surface area contributed by atoms with Crippen LogP contribution in [0.25, 0.3) is 0 Å². The van der Waals surface area contributed by atoms with Gasteiger partial charge in [-0.05, 0) is 44.7 Å². The first-order valence-corrected chi connectivity index (χ1v) is 9.50. The lowest BCUT2D eigenvalue weighted by Crippen LogP contribution is -2.47. The summed E-state index contributed by atoms with van der Waals surface area (Å²) in [6, 6.07) is 6.72. The van der Waals surface area contributed by atoms with E-state index in [1.807, 2.05) is 13.8 Å². The van der Waals surface area contributed by atoms with Gasteiger partial charge in [0.05, 0.1) is 4.90 Å². The number of nitrogens with one attached hydrogen (secondary N) is 2. The van der Waals surface area contributed by atoms with Gasteiger partial charge in [-0.1, -0.05) is 17.7 Å². The predicted octanol–water partition coefficient (Wildman–Crippen LogP) is 1.71. The molecule has 1 aliphatic heterocycles. The third-order valence-electron chi connectivity index (χ3n) is 4.03. The second kappa shape index (κ2) is 7.79. The zero-order valence-electron chi connectivity index (χ0n) is 13.7. The molecule has 1 fully saturated rings. The number of hydrogen-bond acceptors (Lipinski definition) is 3. The third kappa shape index (κ3) is 4.94. The van der Waals surface area contributed by atoms with Crippen LogP contribution in [-0.4, -0.2) is 45.5 Å². The molecule has 0 aromatic heterocycles. The number of likely N-dealkylation sites (tertiary alicyclic amines) is 1. The van der Waals surface area contributed by atoms with Crippen LogP contribution in [-0.2, 0) is 10.0 Å². The van der Waals surface area contributed by atoms with E-state index in [4.69, 9.17) is 0 Å². The number of nitrogens with zero attached hydrogens (tertiary/aromatic N) is 1. The zero-order valence-corrected chi connectivity index (χ0v) is 14.5. The Labute approximate surface area is 138 Å². The number of piperidine rings is 1. The quantitative estimate of drug-likeness (QED) is 0.857. The predicted molar refractivity (Wildman–Crippen MR) is 89.7 cm³/mol. The highest BCUT2D eigenvalue weighted by molar-refractivity contribution is 7.89. The van der Waals surface area contributed by atoms with Gasteiger partial charge in [-0.3, -0.25) is 0 Å². The van der Waals surface area contributed by atoms with Gasteiger partial charge in [0.25, 0.3) is 0 Å². The fraction of sp³-hybridized carbons (Fsp3) is 0.562. The molecule has 0 spiro atoms. The van der Waals surface area contributed by atoms with Gasteiger partial charge in [-0.15, -0.1) is 0 Å². The number of amides is 2. The summed E-state index contributed by atoms with van der Waals surface area (Å²) >= 11 is 0. The minimum atomic E-state index is -3.49. The number of sulfonamides is 1. The van der Waals surface area contributed by atoms with Crippen molar-refractivity contribution in [3.05, 3.63) is 29.8 Å². The summed E-state index contributed by atoms with van der Waals surface area (Å²) in [6.07, 6.45) is 1.82. The van der Waals surface area contributed by atoms with Crippen LogP contribution < -0.4 is 10.0 Å². The molecule has 0 aliphatic carbocycles. The molecule has 2 rings (SSSR count). The molecule has 1 atom stereocenters. The van der Waals surface area contributed by atoms with Gasteiger partial charge in [-0.25, -0.2) is 17.9 Å². The van der Waals surface area contributed by atoms with E-state index in [-0.39, 0.29) is 16.8 Å². The lowest BCUT2D eigenvalue weighted by molar-refractivity contribution is 0.167. The Morgan fingerprint density at radius 3 is 2.65 bits per heavy atom. The Morgan fingerprint density at radius 1 is 1.30 bits per heavy atom. The van der Waals surface area contributed by atoms with E-state index in [0.717, 1.165) is 24.9 Å². The minimum Gasteiger partial charge on any atom is -0.338 e. The van der Waals surface area contributed by atoms with Crippen molar-refractivity contribution in [2.75, 3.05) is 26.2 Å². The van der Waals surface area contributed by atoms with Gasteiger partial charge in [0.1, 0.15) is 0 Å². The average molecular weight is 339 g/mol. The summed E-state index contributed by atoms with van der Waals surface area (Å²) in [7, 11) is -3.49. The number of benzene rings is 1. The van der Waals surface area contributed by atoms with Gasteiger partial charge in [0, 0.05) is 26.2 Å². The number of rotatable bonds is 5. The van der Waals surface area contributed by atoms with Crippen LogP contribution in [0.15, 0.2) is 29.2 Å². The van der Waals surface area contributed by atoms with Crippen molar-refractivity contribution < 1.29 is 13.2 Å². The molecular formula is C16H25N3O3S. The van der Waals surface area contributed by atoms with Crippen molar-refractivity contribution in [3.63, 3.8) is 0 Å². The Hall–Kier alpha value is -1.60. The maximum atomic E-state index is 12.3. The molecule has 0 saturated carbocycles. The minimum absolute atomic E-state index is 0.0707. The topological polar surface area (TPSA) is 78.5 Å². The molecule has 7 heteroatoms. The molecular weight excluding hydrogens is 314 g/mol. The van der Waals surface area contributed by atoms with Crippen molar-refractivity contribution in [2.24, 2.45) is 5.92 Å². The Kier molecular flexibility index (Phi) is 6.01. The van der Waals surface area contributed by atoms with E-state index in [0.29, 0.717) is 19.6 Å². The van der Waals surface area contributed by atoms with Crippen LogP contribution >= 0.6 is 0 Å². The molecule has 2 N–H and O–H groups in total. The van der Waals surface area contributed by atoms with Crippen LogP contribution in [0.2, 0.25) is 0 Å². The summed E-state index contributed by atoms with van der Waals surface area (Å²) in [5, 5.41) is 2.79. The first kappa shape index (κ1) is 17.7. The highest BCUT2D eigenvalue weighted by Gasteiger charge is 2.25. The molecule has 128 valence electrons. The summed E-state index contributed by atoms with van der Waals surface area (Å²) in [4.78, 5) is 13.9. The molecule has 1 heterocycles. The first-order valence-electron chi connectivity index (χ1n) is 8.01. The van der Waals surface area contributed by atoms with E-state index >= 15 is 0 Å². The SMILES string of the molecule is CCNC(=O)N1CCC[C@@H](CNS(=O)(=O)c2ccc(C)cc2)C1. The molecule has 23 heavy (non-hydrogen) atoms. The Morgan fingerprint density at radius 2 is 2.00 bits per heavy atom. The van der Waals surface area contributed by atoms with Crippen LogP contribution in [0.5, 0.6) is 0 Å². The van der Waals surface area contributed by atoms with Crippen molar-refractivity contribution in [2.45, 2.75) is 31.6 Å². The number of urea groups is 1. The molecule has 2 amide bonds. The van der Waals surface area contributed by atoms with Crippen LogP contribution in [0.3, 0.4) is 0 Å². The molecule has 0 unspecified atom stereocenters. The van der Waals surface area contributed by atoms with Crippen molar-refractivity contribution in [3.8, 4) is 0 Å². The number of carbonyl (C=O) groups excluding carboxylic acids is 1. The average Bonchev–Trinajstić information content (AvgIpc) is 2.54. The zero-order chi connectivity index (χ0) is 16.9. The molecule has 0 bridgehead atoms. The van der Waals surface area contributed by atoms with Crippen LogP contribution in [0.1, 0.15) is 25.3 Å². The number of aryl methyl sites for hydroxylation is 1. The molecule has 1 saturated heterocycles. The molecule has 1 aromatic rings. The van der Waals surface area contributed by atoms with Crippen LogP contribution in [0, 0.1) is 12.8 Å². The monoisotopic (exact) mass is 339 g/mol. The summed E-state index contributed by atoms with van der Waals surface area (Å²) in [5.41, 5.74) is 1.02.